The van der Waals surface area contributed by atoms with Crippen LogP contribution in [0.25, 0.3) is 22.1 Å². The van der Waals surface area contributed by atoms with Gasteiger partial charge >= 0.3 is 0 Å². The minimum absolute atomic E-state index is 0.421. The molecule has 3 N–H and O–H groups in total. The number of benzene rings is 2. The lowest BCUT2D eigenvalue weighted by molar-refractivity contribution is 0.0996. The van der Waals surface area contributed by atoms with Crippen molar-refractivity contribution in [2.45, 2.75) is 0 Å². The molecule has 0 atom stereocenters. The number of aromatic amines is 1. The Labute approximate surface area is 126 Å². The van der Waals surface area contributed by atoms with E-state index in [1.165, 1.54) is 0 Å². The Hall–Kier alpha value is -3.21. The van der Waals surface area contributed by atoms with Crippen LogP contribution in [0.15, 0.2) is 66.9 Å². The molecule has 5 heteroatoms. The van der Waals surface area contributed by atoms with E-state index in [1.807, 2.05) is 48.5 Å². The van der Waals surface area contributed by atoms with Gasteiger partial charge in [-0.3, -0.25) is 4.79 Å². The molecule has 0 saturated carbocycles. The average Bonchev–Trinajstić information content (AvgIpc) is 3.08. The number of para-hydroxylation sites is 4. The lowest BCUT2D eigenvalue weighted by atomic mass is 10.2. The highest BCUT2D eigenvalue weighted by molar-refractivity contribution is 5.90. The van der Waals surface area contributed by atoms with Crippen molar-refractivity contribution in [2.75, 3.05) is 0 Å². The van der Waals surface area contributed by atoms with E-state index in [2.05, 4.69) is 15.0 Å². The van der Waals surface area contributed by atoms with Crippen LogP contribution in [0.4, 0.5) is 0 Å². The number of nitrogens with zero attached hydrogens (tertiary/aromatic N) is 2. The van der Waals surface area contributed by atoms with Gasteiger partial charge in [0.15, 0.2) is 0 Å². The van der Waals surface area contributed by atoms with Crippen molar-refractivity contribution in [1.29, 1.82) is 0 Å². The summed E-state index contributed by atoms with van der Waals surface area (Å²) in [6, 6.07) is 19.2. The Morgan fingerprint density at radius 3 is 1.50 bits per heavy atom. The molecular weight excluding hydrogens is 276 g/mol. The van der Waals surface area contributed by atoms with E-state index in [0.717, 1.165) is 22.1 Å². The van der Waals surface area contributed by atoms with Crippen LogP contribution < -0.4 is 5.73 Å². The summed E-state index contributed by atoms with van der Waals surface area (Å²) in [5.41, 5.74) is 9.14. The molecular formula is C17H14N4O. The number of primary amides is 1. The summed E-state index contributed by atoms with van der Waals surface area (Å²) >= 11 is 0. The smallest absolute Gasteiger partial charge is 0.265 e. The van der Waals surface area contributed by atoms with Crippen molar-refractivity contribution in [3.63, 3.8) is 0 Å². The van der Waals surface area contributed by atoms with E-state index in [9.17, 15) is 4.79 Å². The van der Waals surface area contributed by atoms with Crippen LogP contribution in [-0.2, 0) is 0 Å². The number of carbonyl (C=O) groups is 1. The highest BCUT2D eigenvalue weighted by Gasteiger charge is 1.98. The second-order valence-corrected chi connectivity index (χ2v) is 4.65. The standard InChI is InChI=1S/C12H8N2.C5H6N2O/c1-2-6-10-9(5-1)13-11-7-3-4-8-12(11)14-10;6-5(8)4-2-1-3-7-4/h1-8H;1-3,7H,(H2,6,8). The van der Waals surface area contributed by atoms with E-state index in [4.69, 9.17) is 5.73 Å². The van der Waals surface area contributed by atoms with Crippen molar-refractivity contribution < 1.29 is 4.79 Å². The number of amides is 1. The van der Waals surface area contributed by atoms with Crippen LogP contribution >= 0.6 is 0 Å². The molecule has 108 valence electrons. The van der Waals surface area contributed by atoms with E-state index in [0.29, 0.717) is 5.69 Å². The number of rotatable bonds is 1. The van der Waals surface area contributed by atoms with Gasteiger partial charge in [0.05, 0.1) is 22.1 Å². The normalized spacial score (nSPS) is 10.2. The van der Waals surface area contributed by atoms with Gasteiger partial charge in [0, 0.05) is 6.20 Å². The third-order valence-corrected chi connectivity index (χ3v) is 3.11. The van der Waals surface area contributed by atoms with Crippen LogP contribution in [-0.4, -0.2) is 20.9 Å². The maximum Gasteiger partial charge on any atom is 0.265 e. The molecule has 2 heterocycles. The molecule has 0 aliphatic rings. The Bertz CT molecular complexity index is 811. The summed E-state index contributed by atoms with van der Waals surface area (Å²) in [7, 11) is 0. The van der Waals surface area contributed by atoms with Crippen LogP contribution in [0.1, 0.15) is 10.5 Å². The minimum Gasteiger partial charge on any atom is -0.364 e. The summed E-state index contributed by atoms with van der Waals surface area (Å²) in [4.78, 5) is 21.9. The number of H-pyrrole nitrogens is 1. The molecule has 5 nitrogen and oxygen atoms in total. The number of hydrogen-bond acceptors (Lipinski definition) is 3. The van der Waals surface area contributed by atoms with Crippen LogP contribution in [0.5, 0.6) is 0 Å². The maximum absolute atomic E-state index is 10.3. The van der Waals surface area contributed by atoms with Gasteiger partial charge in [0.25, 0.3) is 5.91 Å². The van der Waals surface area contributed by atoms with Crippen molar-refractivity contribution in [1.82, 2.24) is 15.0 Å². The number of fused-ring (bicyclic) bond motifs is 2. The topological polar surface area (TPSA) is 84.7 Å². The van der Waals surface area contributed by atoms with Gasteiger partial charge in [0.2, 0.25) is 0 Å². The van der Waals surface area contributed by atoms with Crippen molar-refractivity contribution in [3.05, 3.63) is 72.6 Å². The molecule has 4 aromatic rings. The summed E-state index contributed by atoms with van der Waals surface area (Å²) in [6.45, 7) is 0. The third-order valence-electron chi connectivity index (χ3n) is 3.11. The van der Waals surface area contributed by atoms with E-state index < -0.39 is 5.91 Å². The summed E-state index contributed by atoms with van der Waals surface area (Å²) in [5.74, 6) is -0.421. The lowest BCUT2D eigenvalue weighted by Crippen LogP contribution is -2.10. The zero-order chi connectivity index (χ0) is 15.4. The van der Waals surface area contributed by atoms with Gasteiger partial charge in [-0.1, -0.05) is 24.3 Å². The molecule has 0 unspecified atom stereocenters. The van der Waals surface area contributed by atoms with Crippen molar-refractivity contribution in [3.8, 4) is 0 Å². The fraction of sp³-hybridized carbons (Fsp3) is 0. The fourth-order valence-corrected chi connectivity index (χ4v) is 2.05. The van der Waals surface area contributed by atoms with Gasteiger partial charge in [-0.25, -0.2) is 9.97 Å². The largest absolute Gasteiger partial charge is 0.364 e. The Morgan fingerprint density at radius 2 is 1.23 bits per heavy atom. The average molecular weight is 290 g/mol. The molecule has 0 saturated heterocycles. The SMILES string of the molecule is NC(=O)c1ccc[nH]1.c1ccc2nc3ccccc3nc2c1. The van der Waals surface area contributed by atoms with Gasteiger partial charge in [0.1, 0.15) is 5.69 Å². The zero-order valence-corrected chi connectivity index (χ0v) is 11.7. The van der Waals surface area contributed by atoms with Crippen molar-refractivity contribution >= 4 is 28.0 Å². The molecule has 1 amide bonds. The Balaban J connectivity index is 0.000000154. The van der Waals surface area contributed by atoms with Gasteiger partial charge in [-0.15, -0.1) is 0 Å². The summed E-state index contributed by atoms with van der Waals surface area (Å²) < 4.78 is 0. The molecule has 0 radical (unpaired) electrons. The highest BCUT2D eigenvalue weighted by Crippen LogP contribution is 2.14. The molecule has 0 spiro atoms. The molecule has 0 aliphatic carbocycles. The minimum atomic E-state index is -0.421. The number of nitrogens with one attached hydrogen (secondary N) is 1. The van der Waals surface area contributed by atoms with Crippen molar-refractivity contribution in [2.24, 2.45) is 5.73 Å². The molecule has 0 aliphatic heterocycles. The number of nitrogens with two attached hydrogens (primary N) is 1. The quantitative estimate of drug-likeness (QED) is 0.529. The van der Waals surface area contributed by atoms with Gasteiger partial charge in [-0.2, -0.15) is 0 Å². The first kappa shape index (κ1) is 13.8. The molecule has 2 aromatic heterocycles. The molecule has 4 rings (SSSR count). The zero-order valence-electron chi connectivity index (χ0n) is 11.7. The predicted molar refractivity (Wildman–Crippen MR) is 86.4 cm³/mol. The number of aromatic nitrogens is 3. The fourth-order valence-electron chi connectivity index (χ4n) is 2.05. The predicted octanol–water partition coefficient (Wildman–Crippen LogP) is 2.90. The number of carbonyl (C=O) groups excluding carboxylic acids is 1. The molecule has 22 heavy (non-hydrogen) atoms. The summed E-state index contributed by atoms with van der Waals surface area (Å²) in [6.07, 6.45) is 1.65. The third kappa shape index (κ3) is 2.93. The van der Waals surface area contributed by atoms with E-state index >= 15 is 0 Å². The second-order valence-electron chi connectivity index (χ2n) is 4.65. The molecule has 0 bridgehead atoms. The molecule has 2 aromatic carbocycles. The first-order valence-electron chi connectivity index (χ1n) is 6.79. The lowest BCUT2D eigenvalue weighted by Gasteiger charge is -1.98. The van der Waals surface area contributed by atoms with Crippen LogP contribution in [0, 0.1) is 0 Å². The monoisotopic (exact) mass is 290 g/mol. The first-order chi connectivity index (χ1) is 10.7. The highest BCUT2D eigenvalue weighted by atomic mass is 16.1. The molecule has 0 fully saturated rings. The number of hydrogen-bond donors (Lipinski definition) is 2. The second kappa shape index (κ2) is 6.05. The van der Waals surface area contributed by atoms with Crippen LogP contribution in [0.2, 0.25) is 0 Å². The van der Waals surface area contributed by atoms with Gasteiger partial charge in [-0.05, 0) is 36.4 Å². The van der Waals surface area contributed by atoms with E-state index in [1.54, 1.807) is 18.3 Å². The van der Waals surface area contributed by atoms with Gasteiger partial charge < -0.3 is 10.7 Å². The maximum atomic E-state index is 10.3. The summed E-state index contributed by atoms with van der Waals surface area (Å²) in [5, 5.41) is 0. The van der Waals surface area contributed by atoms with Crippen LogP contribution in [0.3, 0.4) is 0 Å². The first-order valence-corrected chi connectivity index (χ1v) is 6.79. The van der Waals surface area contributed by atoms with E-state index in [-0.39, 0.29) is 0 Å². The Kier molecular flexibility index (Phi) is 3.78. The Morgan fingerprint density at radius 1 is 0.773 bits per heavy atom.